The van der Waals surface area contributed by atoms with E-state index in [4.69, 9.17) is 15.6 Å². The maximum Gasteiger partial charge on any atom is 0.144 e. The van der Waals surface area contributed by atoms with Crippen molar-refractivity contribution >= 4 is 11.4 Å². The minimum absolute atomic E-state index is 0.0995. The van der Waals surface area contributed by atoms with Crippen LogP contribution in [-0.4, -0.2) is 23.9 Å². The molecule has 0 saturated heterocycles. The highest BCUT2D eigenvalue weighted by Crippen LogP contribution is 2.26. The maximum absolute atomic E-state index is 8.85. The zero-order valence-electron chi connectivity index (χ0n) is 10.7. The number of nitrogen functional groups attached to an aromatic ring is 1. The maximum atomic E-state index is 8.85. The van der Waals surface area contributed by atoms with Gasteiger partial charge in [-0.3, -0.25) is 0 Å². The van der Waals surface area contributed by atoms with Gasteiger partial charge in [0.1, 0.15) is 5.75 Å². The van der Waals surface area contributed by atoms with Crippen molar-refractivity contribution in [1.82, 2.24) is 0 Å². The lowest BCUT2D eigenvalue weighted by Gasteiger charge is -2.17. The van der Waals surface area contributed by atoms with E-state index in [-0.39, 0.29) is 18.8 Å². The fourth-order valence-electron chi connectivity index (χ4n) is 1.53. The first-order valence-electron chi connectivity index (χ1n) is 5.96. The monoisotopic (exact) mass is 238 g/mol. The summed E-state index contributed by atoms with van der Waals surface area (Å²) in [5.74, 6) is 0.696. The molecule has 17 heavy (non-hydrogen) atoms. The van der Waals surface area contributed by atoms with E-state index < -0.39 is 0 Å². The second kappa shape index (κ2) is 6.35. The van der Waals surface area contributed by atoms with Crippen molar-refractivity contribution < 1.29 is 9.84 Å². The van der Waals surface area contributed by atoms with Crippen molar-refractivity contribution in [3.63, 3.8) is 0 Å². The molecule has 0 aromatic heterocycles. The molecule has 1 rings (SSSR count). The number of hydrogen-bond acceptors (Lipinski definition) is 4. The van der Waals surface area contributed by atoms with Crippen molar-refractivity contribution in [1.29, 1.82) is 0 Å². The zero-order valence-corrected chi connectivity index (χ0v) is 10.7. The van der Waals surface area contributed by atoms with Gasteiger partial charge in [-0.05, 0) is 39.3 Å². The fraction of sp³-hybridized carbons (Fsp3) is 0.538. The number of hydrogen-bond donors (Lipinski definition) is 3. The second-order valence-electron chi connectivity index (χ2n) is 4.48. The Morgan fingerprint density at radius 1 is 1.35 bits per heavy atom. The van der Waals surface area contributed by atoms with E-state index in [9.17, 15) is 0 Å². The third kappa shape index (κ3) is 4.53. The molecule has 0 aliphatic rings. The normalized spacial score (nSPS) is 12.5. The van der Waals surface area contributed by atoms with Gasteiger partial charge < -0.3 is 20.9 Å². The van der Waals surface area contributed by atoms with Crippen LogP contribution in [0.25, 0.3) is 0 Å². The van der Waals surface area contributed by atoms with E-state index in [1.165, 1.54) is 0 Å². The van der Waals surface area contributed by atoms with Gasteiger partial charge in [0.2, 0.25) is 0 Å². The largest absolute Gasteiger partial charge is 0.489 e. The number of anilines is 2. The Bertz CT molecular complexity index is 353. The molecule has 0 aliphatic heterocycles. The summed E-state index contributed by atoms with van der Waals surface area (Å²) >= 11 is 0. The van der Waals surface area contributed by atoms with Gasteiger partial charge in [0.15, 0.2) is 0 Å². The van der Waals surface area contributed by atoms with Gasteiger partial charge in [-0.15, -0.1) is 0 Å². The van der Waals surface area contributed by atoms with E-state index in [0.717, 1.165) is 5.69 Å². The van der Waals surface area contributed by atoms with Crippen molar-refractivity contribution in [2.75, 3.05) is 17.7 Å². The van der Waals surface area contributed by atoms with Crippen LogP contribution in [0.2, 0.25) is 0 Å². The summed E-state index contributed by atoms with van der Waals surface area (Å²) in [6, 6.07) is 5.85. The molecule has 96 valence electrons. The number of aliphatic hydroxyl groups excluding tert-OH is 1. The standard InChI is InChI=1S/C13H22N2O2/c1-9(2)17-13-8-11(4-5-12(13)14)15-10(3)6-7-16/h4-5,8-10,15-16H,6-7,14H2,1-3H3. The van der Waals surface area contributed by atoms with Crippen molar-refractivity contribution in [2.45, 2.75) is 39.3 Å². The Kier molecular flexibility index (Phi) is 5.10. The van der Waals surface area contributed by atoms with Gasteiger partial charge >= 0.3 is 0 Å². The summed E-state index contributed by atoms with van der Waals surface area (Å²) in [6.07, 6.45) is 0.813. The summed E-state index contributed by atoms with van der Waals surface area (Å²) in [7, 11) is 0. The highest BCUT2D eigenvalue weighted by Gasteiger charge is 2.06. The van der Waals surface area contributed by atoms with Crippen LogP contribution < -0.4 is 15.8 Å². The van der Waals surface area contributed by atoms with Crippen molar-refractivity contribution in [3.05, 3.63) is 18.2 Å². The third-order valence-electron chi connectivity index (χ3n) is 2.35. The smallest absolute Gasteiger partial charge is 0.144 e. The Morgan fingerprint density at radius 3 is 2.65 bits per heavy atom. The molecule has 0 aliphatic carbocycles. The minimum Gasteiger partial charge on any atom is -0.489 e. The molecule has 0 radical (unpaired) electrons. The van der Waals surface area contributed by atoms with Crippen LogP contribution in [0.1, 0.15) is 27.2 Å². The van der Waals surface area contributed by atoms with Gasteiger partial charge in [-0.25, -0.2) is 0 Å². The Hall–Kier alpha value is -1.42. The van der Waals surface area contributed by atoms with Gasteiger partial charge in [0.25, 0.3) is 0 Å². The predicted octanol–water partition coefficient (Wildman–Crippen LogP) is 2.24. The van der Waals surface area contributed by atoms with Crippen LogP contribution in [0.15, 0.2) is 18.2 Å². The van der Waals surface area contributed by atoms with Crippen LogP contribution in [0.5, 0.6) is 5.75 Å². The summed E-state index contributed by atoms with van der Waals surface area (Å²) < 4.78 is 5.61. The molecule has 0 fully saturated rings. The van der Waals surface area contributed by atoms with E-state index in [1.54, 1.807) is 0 Å². The van der Waals surface area contributed by atoms with Gasteiger partial charge in [-0.1, -0.05) is 0 Å². The molecule has 1 unspecified atom stereocenters. The lowest BCUT2D eigenvalue weighted by molar-refractivity contribution is 0.244. The summed E-state index contributed by atoms with van der Waals surface area (Å²) in [5, 5.41) is 12.1. The SMILES string of the molecule is CC(CCO)Nc1ccc(N)c(OC(C)C)c1. The number of aliphatic hydroxyl groups is 1. The van der Waals surface area contributed by atoms with E-state index in [1.807, 2.05) is 39.0 Å². The van der Waals surface area contributed by atoms with E-state index >= 15 is 0 Å². The molecule has 4 nitrogen and oxygen atoms in total. The van der Waals surface area contributed by atoms with E-state index in [2.05, 4.69) is 5.32 Å². The quantitative estimate of drug-likeness (QED) is 0.665. The molecule has 0 bridgehead atoms. The first kappa shape index (κ1) is 13.6. The van der Waals surface area contributed by atoms with Crippen LogP contribution >= 0.6 is 0 Å². The lowest BCUT2D eigenvalue weighted by Crippen LogP contribution is -2.16. The topological polar surface area (TPSA) is 67.5 Å². The predicted molar refractivity (Wildman–Crippen MR) is 71.4 cm³/mol. The van der Waals surface area contributed by atoms with Crippen molar-refractivity contribution in [2.24, 2.45) is 0 Å². The summed E-state index contributed by atoms with van der Waals surface area (Å²) in [6.45, 7) is 6.13. The van der Waals surface area contributed by atoms with E-state index in [0.29, 0.717) is 17.9 Å². The van der Waals surface area contributed by atoms with Crippen LogP contribution in [0, 0.1) is 0 Å². The average molecular weight is 238 g/mol. The summed E-state index contributed by atoms with van der Waals surface area (Å²) in [4.78, 5) is 0. The van der Waals surface area contributed by atoms with Gasteiger partial charge in [0, 0.05) is 24.4 Å². The van der Waals surface area contributed by atoms with Crippen LogP contribution in [-0.2, 0) is 0 Å². The number of nitrogens with two attached hydrogens (primary N) is 1. The number of rotatable bonds is 6. The summed E-state index contributed by atoms with van der Waals surface area (Å²) in [5.41, 5.74) is 7.43. The minimum atomic E-state index is 0.0995. The highest BCUT2D eigenvalue weighted by atomic mass is 16.5. The zero-order chi connectivity index (χ0) is 12.8. The number of ether oxygens (including phenoxy) is 1. The molecule has 0 amide bonds. The molecular weight excluding hydrogens is 216 g/mol. The van der Waals surface area contributed by atoms with Gasteiger partial charge in [-0.2, -0.15) is 0 Å². The molecule has 4 heteroatoms. The molecule has 1 atom stereocenters. The Labute approximate surface area is 103 Å². The lowest BCUT2D eigenvalue weighted by atomic mass is 10.2. The molecule has 4 N–H and O–H groups in total. The second-order valence-corrected chi connectivity index (χ2v) is 4.48. The fourth-order valence-corrected chi connectivity index (χ4v) is 1.53. The van der Waals surface area contributed by atoms with Crippen LogP contribution in [0.4, 0.5) is 11.4 Å². The number of benzene rings is 1. The van der Waals surface area contributed by atoms with Gasteiger partial charge in [0.05, 0.1) is 11.8 Å². The molecule has 1 aromatic rings. The number of nitrogens with one attached hydrogen (secondary N) is 1. The third-order valence-corrected chi connectivity index (χ3v) is 2.35. The molecule has 0 heterocycles. The molecule has 0 saturated carbocycles. The highest BCUT2D eigenvalue weighted by molar-refractivity contribution is 5.61. The molecule has 1 aromatic carbocycles. The first-order valence-corrected chi connectivity index (χ1v) is 5.96. The molecule has 0 spiro atoms. The Balaban J connectivity index is 2.74. The first-order chi connectivity index (χ1) is 8.02. The van der Waals surface area contributed by atoms with Crippen molar-refractivity contribution in [3.8, 4) is 5.75 Å². The average Bonchev–Trinajstić information content (AvgIpc) is 2.22. The molecular formula is C13H22N2O2. The Morgan fingerprint density at radius 2 is 2.06 bits per heavy atom. The van der Waals surface area contributed by atoms with Crippen LogP contribution in [0.3, 0.4) is 0 Å².